The van der Waals surface area contributed by atoms with Gasteiger partial charge in [0.2, 0.25) is 0 Å². The average Bonchev–Trinajstić information content (AvgIpc) is 2.80. The molecule has 4 heteroatoms. The van der Waals surface area contributed by atoms with Gasteiger partial charge in [0, 0.05) is 16.8 Å². The van der Waals surface area contributed by atoms with Gasteiger partial charge >= 0.3 is 0 Å². The van der Waals surface area contributed by atoms with Gasteiger partial charge in [0.05, 0.1) is 6.26 Å². The zero-order chi connectivity index (χ0) is 12.8. The Morgan fingerprint density at radius 3 is 2.78 bits per heavy atom. The molecule has 90 valence electrons. The topological polar surface area (TPSA) is 59.2 Å². The summed E-state index contributed by atoms with van der Waals surface area (Å²) in [4.78, 5) is 24.0. The number of hydrogen-bond donors (Lipinski definition) is 1. The summed E-state index contributed by atoms with van der Waals surface area (Å²) in [6.07, 6.45) is 4.95. The Labute approximate surface area is 104 Å². The van der Waals surface area contributed by atoms with Crippen molar-refractivity contribution in [3.63, 3.8) is 0 Å². The molecule has 4 nitrogen and oxygen atoms in total. The standard InChI is InChI=1S/C14H11NO3/c16-9-11(5-6-18-10-17)7-13-8-12-3-1-2-4-14(12)15-13/h1-10,15H/b6-5+,11-7-. The minimum Gasteiger partial charge on any atom is -0.437 e. The van der Waals surface area contributed by atoms with Gasteiger partial charge in [0.25, 0.3) is 6.47 Å². The molecule has 1 N–H and O–H groups in total. The van der Waals surface area contributed by atoms with Gasteiger partial charge in [-0.15, -0.1) is 0 Å². The van der Waals surface area contributed by atoms with Crippen LogP contribution < -0.4 is 0 Å². The molecule has 0 atom stereocenters. The molecule has 0 unspecified atom stereocenters. The van der Waals surface area contributed by atoms with E-state index in [0.29, 0.717) is 18.3 Å². The largest absolute Gasteiger partial charge is 0.437 e. The van der Waals surface area contributed by atoms with E-state index in [1.165, 1.54) is 6.08 Å². The molecule has 1 aromatic heterocycles. The monoisotopic (exact) mass is 241 g/mol. The molecular weight excluding hydrogens is 230 g/mol. The van der Waals surface area contributed by atoms with Gasteiger partial charge in [0.15, 0.2) is 0 Å². The number of nitrogens with one attached hydrogen (secondary N) is 1. The van der Waals surface area contributed by atoms with Crippen molar-refractivity contribution in [2.75, 3.05) is 0 Å². The maximum atomic E-state index is 10.8. The molecule has 0 aliphatic carbocycles. The van der Waals surface area contributed by atoms with Crippen LogP contribution in [0.2, 0.25) is 0 Å². The molecule has 0 saturated heterocycles. The van der Waals surface area contributed by atoms with Gasteiger partial charge in [0.1, 0.15) is 6.29 Å². The Morgan fingerprint density at radius 1 is 1.22 bits per heavy atom. The Kier molecular flexibility index (Phi) is 3.71. The molecule has 1 heterocycles. The molecule has 2 aromatic rings. The molecule has 0 spiro atoms. The first kappa shape index (κ1) is 11.9. The summed E-state index contributed by atoms with van der Waals surface area (Å²) in [5.41, 5.74) is 2.22. The maximum absolute atomic E-state index is 10.8. The van der Waals surface area contributed by atoms with E-state index in [4.69, 9.17) is 0 Å². The lowest BCUT2D eigenvalue weighted by molar-refractivity contribution is -0.123. The lowest BCUT2D eigenvalue weighted by Gasteiger charge is -1.90. The van der Waals surface area contributed by atoms with Gasteiger partial charge in [-0.3, -0.25) is 9.59 Å². The fourth-order valence-corrected chi connectivity index (χ4v) is 1.62. The number of aldehydes is 1. The van der Waals surface area contributed by atoms with Crippen LogP contribution in [0.5, 0.6) is 0 Å². The fraction of sp³-hybridized carbons (Fsp3) is 0. The highest BCUT2D eigenvalue weighted by Crippen LogP contribution is 2.16. The van der Waals surface area contributed by atoms with Crippen molar-refractivity contribution >= 4 is 29.7 Å². The van der Waals surface area contributed by atoms with Crippen molar-refractivity contribution in [1.82, 2.24) is 4.98 Å². The molecule has 0 amide bonds. The van der Waals surface area contributed by atoms with Crippen LogP contribution in [0, 0.1) is 0 Å². The van der Waals surface area contributed by atoms with E-state index in [0.717, 1.165) is 22.9 Å². The van der Waals surface area contributed by atoms with E-state index in [9.17, 15) is 9.59 Å². The van der Waals surface area contributed by atoms with Crippen molar-refractivity contribution in [2.24, 2.45) is 0 Å². The van der Waals surface area contributed by atoms with E-state index in [-0.39, 0.29) is 0 Å². The predicted molar refractivity (Wildman–Crippen MR) is 68.6 cm³/mol. The minimum absolute atomic E-state index is 0.294. The second-order valence-corrected chi connectivity index (χ2v) is 3.61. The molecule has 18 heavy (non-hydrogen) atoms. The number of carbonyl (C=O) groups is 2. The van der Waals surface area contributed by atoms with Crippen molar-refractivity contribution in [3.05, 3.63) is 53.9 Å². The summed E-state index contributed by atoms with van der Waals surface area (Å²) < 4.78 is 4.39. The molecule has 0 fully saturated rings. The van der Waals surface area contributed by atoms with Crippen LogP contribution >= 0.6 is 0 Å². The average molecular weight is 241 g/mol. The van der Waals surface area contributed by atoms with E-state index in [2.05, 4.69) is 9.72 Å². The maximum Gasteiger partial charge on any atom is 0.297 e. The first-order valence-electron chi connectivity index (χ1n) is 5.34. The number of fused-ring (bicyclic) bond motifs is 1. The van der Waals surface area contributed by atoms with Crippen LogP contribution in [0.4, 0.5) is 0 Å². The number of H-pyrrole nitrogens is 1. The van der Waals surface area contributed by atoms with Crippen molar-refractivity contribution < 1.29 is 14.3 Å². The van der Waals surface area contributed by atoms with E-state index >= 15 is 0 Å². The summed E-state index contributed by atoms with van der Waals surface area (Å²) in [6, 6.07) is 9.76. The smallest absolute Gasteiger partial charge is 0.297 e. The molecule has 1 aromatic carbocycles. The molecule has 0 saturated carbocycles. The van der Waals surface area contributed by atoms with Gasteiger partial charge in [-0.2, -0.15) is 0 Å². The normalized spacial score (nSPS) is 11.9. The molecule has 0 bridgehead atoms. The number of hydrogen-bond acceptors (Lipinski definition) is 3. The summed E-state index contributed by atoms with van der Waals surface area (Å²) in [7, 11) is 0. The quantitative estimate of drug-likeness (QED) is 0.378. The predicted octanol–water partition coefficient (Wildman–Crippen LogP) is 2.44. The van der Waals surface area contributed by atoms with Crippen LogP contribution in [-0.4, -0.2) is 17.7 Å². The summed E-state index contributed by atoms with van der Waals surface area (Å²) >= 11 is 0. The van der Waals surface area contributed by atoms with Crippen LogP contribution in [-0.2, 0) is 14.3 Å². The van der Waals surface area contributed by atoms with Crippen molar-refractivity contribution in [2.45, 2.75) is 0 Å². The zero-order valence-corrected chi connectivity index (χ0v) is 9.50. The number of rotatable bonds is 5. The van der Waals surface area contributed by atoms with Gasteiger partial charge in [-0.05, 0) is 29.7 Å². The number of carbonyl (C=O) groups excluding carboxylic acids is 2. The summed E-state index contributed by atoms with van der Waals surface area (Å²) in [6.45, 7) is 0.294. The number of allylic oxidation sites excluding steroid dienone is 2. The van der Waals surface area contributed by atoms with E-state index in [1.54, 1.807) is 6.08 Å². The highest BCUT2D eigenvalue weighted by Gasteiger charge is 1.98. The summed E-state index contributed by atoms with van der Waals surface area (Å²) in [5.74, 6) is 0. The lowest BCUT2D eigenvalue weighted by Crippen LogP contribution is -1.82. The Balaban J connectivity index is 2.29. The number of aromatic nitrogens is 1. The highest BCUT2D eigenvalue weighted by atomic mass is 16.5. The number of ether oxygens (including phenoxy) is 1. The van der Waals surface area contributed by atoms with E-state index < -0.39 is 0 Å². The van der Waals surface area contributed by atoms with Gasteiger partial charge < -0.3 is 9.72 Å². The zero-order valence-electron chi connectivity index (χ0n) is 9.50. The minimum atomic E-state index is 0.294. The Morgan fingerprint density at radius 2 is 2.06 bits per heavy atom. The van der Waals surface area contributed by atoms with Crippen LogP contribution in [0.15, 0.2) is 48.2 Å². The van der Waals surface area contributed by atoms with Crippen molar-refractivity contribution in [3.8, 4) is 0 Å². The first-order valence-corrected chi connectivity index (χ1v) is 5.34. The third kappa shape index (κ3) is 2.74. The van der Waals surface area contributed by atoms with Crippen LogP contribution in [0.25, 0.3) is 17.0 Å². The number of aromatic amines is 1. The first-order chi connectivity index (χ1) is 8.83. The van der Waals surface area contributed by atoms with E-state index in [1.807, 2.05) is 30.3 Å². The number of benzene rings is 1. The molecule has 0 aliphatic heterocycles. The third-order valence-corrected chi connectivity index (χ3v) is 2.40. The van der Waals surface area contributed by atoms with Gasteiger partial charge in [-0.25, -0.2) is 0 Å². The second kappa shape index (κ2) is 5.63. The Bertz CT molecular complexity index is 590. The van der Waals surface area contributed by atoms with Crippen molar-refractivity contribution in [1.29, 1.82) is 0 Å². The molecule has 0 aliphatic rings. The Hall–Kier alpha value is -2.62. The fourth-order valence-electron chi connectivity index (χ4n) is 1.62. The number of para-hydroxylation sites is 1. The molecule has 0 radical (unpaired) electrons. The third-order valence-electron chi connectivity index (χ3n) is 2.40. The second-order valence-electron chi connectivity index (χ2n) is 3.61. The highest BCUT2D eigenvalue weighted by molar-refractivity contribution is 5.88. The lowest BCUT2D eigenvalue weighted by atomic mass is 10.2. The van der Waals surface area contributed by atoms with Gasteiger partial charge in [-0.1, -0.05) is 18.2 Å². The summed E-state index contributed by atoms with van der Waals surface area (Å²) in [5, 5.41) is 1.07. The van der Waals surface area contributed by atoms with Crippen LogP contribution in [0.3, 0.4) is 0 Å². The molecule has 2 rings (SSSR count). The van der Waals surface area contributed by atoms with Crippen LogP contribution in [0.1, 0.15) is 5.69 Å². The molecular formula is C14H11NO3. The SMILES string of the molecule is O=CO/C=C/C(C=O)=C/c1cc2ccccc2[nH]1.